The fraction of sp³-hybridized carbons (Fsp3) is 1.00. The summed E-state index contributed by atoms with van der Waals surface area (Å²) in [5.74, 6) is 0.733. The van der Waals surface area contributed by atoms with E-state index in [4.69, 9.17) is 9.47 Å². The number of ether oxygens (including phenoxy) is 2. The topological polar surface area (TPSA) is 33.7 Å². The molecule has 106 valence electrons. The van der Waals surface area contributed by atoms with Crippen LogP contribution in [0, 0.1) is 11.3 Å². The highest BCUT2D eigenvalue weighted by atomic mass is 16.5. The molecule has 2 saturated heterocycles. The van der Waals surface area contributed by atoms with E-state index in [2.05, 4.69) is 10.2 Å². The predicted molar refractivity (Wildman–Crippen MR) is 72.8 cm³/mol. The van der Waals surface area contributed by atoms with Crippen LogP contribution >= 0.6 is 0 Å². The molecule has 1 unspecified atom stereocenters. The number of hydrogen-bond donors (Lipinski definition) is 1. The molecule has 2 rings (SSSR count). The molecule has 1 N–H and O–H groups in total. The molecule has 2 aliphatic heterocycles. The third-order valence-corrected chi connectivity index (χ3v) is 4.45. The van der Waals surface area contributed by atoms with Crippen LogP contribution in [0.25, 0.3) is 0 Å². The molecule has 4 nitrogen and oxygen atoms in total. The molecule has 2 fully saturated rings. The number of rotatable bonds is 6. The second kappa shape index (κ2) is 6.85. The molecule has 0 aromatic heterocycles. The van der Waals surface area contributed by atoms with Crippen LogP contribution in [-0.4, -0.2) is 65.1 Å². The quantitative estimate of drug-likeness (QED) is 0.768. The van der Waals surface area contributed by atoms with E-state index in [9.17, 15) is 0 Å². The zero-order valence-corrected chi connectivity index (χ0v) is 11.9. The van der Waals surface area contributed by atoms with Crippen LogP contribution in [0.4, 0.5) is 0 Å². The number of hydrogen-bond acceptors (Lipinski definition) is 4. The van der Waals surface area contributed by atoms with Crippen molar-refractivity contribution >= 4 is 0 Å². The maximum Gasteiger partial charge on any atom is 0.0531 e. The van der Waals surface area contributed by atoms with Gasteiger partial charge in [0.15, 0.2) is 0 Å². The Morgan fingerprint density at radius 2 is 2.00 bits per heavy atom. The fourth-order valence-corrected chi connectivity index (χ4v) is 3.51. The van der Waals surface area contributed by atoms with Crippen molar-refractivity contribution in [2.75, 3.05) is 60.2 Å². The molecule has 18 heavy (non-hydrogen) atoms. The number of nitrogens with zero attached hydrogens (tertiary/aromatic N) is 1. The van der Waals surface area contributed by atoms with Gasteiger partial charge >= 0.3 is 0 Å². The van der Waals surface area contributed by atoms with Gasteiger partial charge in [-0.3, -0.25) is 0 Å². The van der Waals surface area contributed by atoms with E-state index in [1.165, 1.54) is 38.9 Å². The van der Waals surface area contributed by atoms with Gasteiger partial charge in [-0.05, 0) is 44.8 Å². The Bertz CT molecular complexity index is 236. The van der Waals surface area contributed by atoms with Crippen LogP contribution in [-0.2, 0) is 9.47 Å². The molecule has 0 aliphatic carbocycles. The zero-order chi connectivity index (χ0) is 12.8. The average Bonchev–Trinajstić information content (AvgIpc) is 2.78. The molecule has 2 heterocycles. The first-order valence-electron chi connectivity index (χ1n) is 7.19. The van der Waals surface area contributed by atoms with Crippen LogP contribution < -0.4 is 5.32 Å². The van der Waals surface area contributed by atoms with E-state index in [-0.39, 0.29) is 0 Å². The van der Waals surface area contributed by atoms with Crippen molar-refractivity contribution in [1.29, 1.82) is 0 Å². The third kappa shape index (κ3) is 3.67. The highest BCUT2D eigenvalue weighted by molar-refractivity contribution is 4.89. The Kier molecular flexibility index (Phi) is 5.42. The molecule has 4 heteroatoms. The summed E-state index contributed by atoms with van der Waals surface area (Å²) in [7, 11) is 3.64. The highest BCUT2D eigenvalue weighted by Gasteiger charge is 2.36. The minimum atomic E-state index is 0.377. The van der Waals surface area contributed by atoms with Gasteiger partial charge in [0, 0.05) is 32.7 Å². The van der Waals surface area contributed by atoms with Crippen LogP contribution in [0.2, 0.25) is 0 Å². The van der Waals surface area contributed by atoms with Gasteiger partial charge in [-0.2, -0.15) is 0 Å². The molecule has 0 aromatic rings. The van der Waals surface area contributed by atoms with Crippen molar-refractivity contribution in [3.8, 4) is 0 Å². The Hall–Kier alpha value is -0.160. The lowest BCUT2D eigenvalue weighted by Crippen LogP contribution is -2.46. The SMILES string of the molecule is COCC1CCN(CC2(COC)CCNCC2)C1. The van der Waals surface area contributed by atoms with Crippen molar-refractivity contribution in [3.05, 3.63) is 0 Å². The number of piperidine rings is 1. The first kappa shape index (κ1) is 14.3. The van der Waals surface area contributed by atoms with E-state index >= 15 is 0 Å². The van der Waals surface area contributed by atoms with Gasteiger partial charge < -0.3 is 19.7 Å². The highest BCUT2D eigenvalue weighted by Crippen LogP contribution is 2.32. The maximum absolute atomic E-state index is 5.49. The fourth-order valence-electron chi connectivity index (χ4n) is 3.51. The lowest BCUT2D eigenvalue weighted by atomic mass is 9.79. The lowest BCUT2D eigenvalue weighted by Gasteiger charge is -2.40. The molecule has 0 saturated carbocycles. The summed E-state index contributed by atoms with van der Waals surface area (Å²) in [4.78, 5) is 2.62. The second-order valence-corrected chi connectivity index (χ2v) is 6.03. The van der Waals surface area contributed by atoms with Gasteiger partial charge in [-0.1, -0.05) is 0 Å². The molecular formula is C14H28N2O2. The number of nitrogens with one attached hydrogen (secondary N) is 1. The van der Waals surface area contributed by atoms with E-state index in [1.54, 1.807) is 0 Å². The average molecular weight is 256 g/mol. The van der Waals surface area contributed by atoms with Gasteiger partial charge in [0.2, 0.25) is 0 Å². The summed E-state index contributed by atoms with van der Waals surface area (Å²) in [5.41, 5.74) is 0.377. The van der Waals surface area contributed by atoms with Gasteiger partial charge in [0.25, 0.3) is 0 Å². The monoisotopic (exact) mass is 256 g/mol. The van der Waals surface area contributed by atoms with Crippen molar-refractivity contribution in [3.63, 3.8) is 0 Å². The summed E-state index contributed by atoms with van der Waals surface area (Å²) in [5, 5.41) is 3.46. The van der Waals surface area contributed by atoms with E-state index in [0.29, 0.717) is 5.41 Å². The largest absolute Gasteiger partial charge is 0.384 e. The molecule has 0 amide bonds. The Morgan fingerprint density at radius 1 is 1.22 bits per heavy atom. The first-order valence-corrected chi connectivity index (χ1v) is 7.19. The van der Waals surface area contributed by atoms with Gasteiger partial charge in [-0.25, -0.2) is 0 Å². The van der Waals surface area contributed by atoms with Gasteiger partial charge in [0.1, 0.15) is 0 Å². The Labute approximate surface area is 111 Å². The molecule has 0 aromatic carbocycles. The summed E-state index contributed by atoms with van der Waals surface area (Å²) in [6.45, 7) is 7.72. The van der Waals surface area contributed by atoms with Gasteiger partial charge in [0.05, 0.1) is 13.2 Å². The van der Waals surface area contributed by atoms with Crippen molar-refractivity contribution < 1.29 is 9.47 Å². The number of likely N-dealkylation sites (tertiary alicyclic amines) is 1. The Morgan fingerprint density at radius 3 is 2.67 bits per heavy atom. The van der Waals surface area contributed by atoms with Crippen molar-refractivity contribution in [2.24, 2.45) is 11.3 Å². The first-order chi connectivity index (χ1) is 8.78. The van der Waals surface area contributed by atoms with Crippen molar-refractivity contribution in [2.45, 2.75) is 19.3 Å². The maximum atomic E-state index is 5.49. The van der Waals surface area contributed by atoms with Gasteiger partial charge in [-0.15, -0.1) is 0 Å². The third-order valence-electron chi connectivity index (χ3n) is 4.45. The molecule has 2 aliphatic rings. The summed E-state index contributed by atoms with van der Waals surface area (Å²) < 4.78 is 10.8. The lowest BCUT2D eigenvalue weighted by molar-refractivity contribution is 0.0262. The van der Waals surface area contributed by atoms with E-state index in [1.807, 2.05) is 14.2 Å². The summed E-state index contributed by atoms with van der Waals surface area (Å²) in [6, 6.07) is 0. The standard InChI is InChI=1S/C14H28N2O2/c1-17-10-13-3-8-16(9-13)11-14(12-18-2)4-6-15-7-5-14/h13,15H,3-12H2,1-2H3. The van der Waals surface area contributed by atoms with Crippen LogP contribution in [0.1, 0.15) is 19.3 Å². The smallest absolute Gasteiger partial charge is 0.0531 e. The number of methoxy groups -OCH3 is 2. The molecule has 0 radical (unpaired) electrons. The Balaban J connectivity index is 1.85. The second-order valence-electron chi connectivity index (χ2n) is 6.03. The summed E-state index contributed by atoms with van der Waals surface area (Å²) in [6.07, 6.45) is 3.77. The molecule has 0 bridgehead atoms. The van der Waals surface area contributed by atoms with Crippen molar-refractivity contribution in [1.82, 2.24) is 10.2 Å². The summed E-state index contributed by atoms with van der Waals surface area (Å²) >= 11 is 0. The minimum Gasteiger partial charge on any atom is -0.384 e. The normalized spacial score (nSPS) is 28.7. The minimum absolute atomic E-state index is 0.377. The molecule has 1 atom stereocenters. The zero-order valence-electron chi connectivity index (χ0n) is 11.9. The van der Waals surface area contributed by atoms with Crippen LogP contribution in [0.5, 0.6) is 0 Å². The molecule has 0 spiro atoms. The van der Waals surface area contributed by atoms with Crippen LogP contribution in [0.15, 0.2) is 0 Å². The molecular weight excluding hydrogens is 228 g/mol. The van der Waals surface area contributed by atoms with E-state index in [0.717, 1.165) is 32.2 Å². The van der Waals surface area contributed by atoms with Crippen LogP contribution in [0.3, 0.4) is 0 Å². The van der Waals surface area contributed by atoms with E-state index < -0.39 is 0 Å². The predicted octanol–water partition coefficient (Wildman–Crippen LogP) is 0.971.